The van der Waals surface area contributed by atoms with E-state index in [0.717, 1.165) is 5.92 Å². The van der Waals surface area contributed by atoms with Crippen molar-refractivity contribution in [3.05, 3.63) is 0 Å². The summed E-state index contributed by atoms with van der Waals surface area (Å²) in [5, 5.41) is 0. The van der Waals surface area contributed by atoms with Crippen LogP contribution >= 0.6 is 0 Å². The summed E-state index contributed by atoms with van der Waals surface area (Å²) >= 11 is 0. The van der Waals surface area contributed by atoms with Gasteiger partial charge in [-0.15, -0.1) is 0 Å². The van der Waals surface area contributed by atoms with Gasteiger partial charge in [-0.25, -0.2) is 0 Å². The molecule has 0 rings (SSSR count). The molecule has 0 N–H and O–H groups in total. The molecule has 0 saturated heterocycles. The van der Waals surface area contributed by atoms with Gasteiger partial charge in [0.1, 0.15) is 0 Å². The fraction of sp³-hybridized carbons (Fsp3) is 1.00. The number of hydrogen-bond acceptors (Lipinski definition) is 0. The van der Waals surface area contributed by atoms with Gasteiger partial charge in [0.25, 0.3) is 0 Å². The van der Waals surface area contributed by atoms with Crippen LogP contribution in [0.5, 0.6) is 0 Å². The second kappa shape index (κ2) is 5.76. The molecule has 0 atom stereocenters. The maximum atomic E-state index is 2.22. The standard InChI is InChI=1S/2C5H12/c1-5(2,3)4;1-4-5(2)3/h1-4H3;5H,4H2,1-3H3. The predicted octanol–water partition coefficient (Wildman–Crippen LogP) is 4.10. The maximum absolute atomic E-state index is 2.22. The van der Waals surface area contributed by atoms with Gasteiger partial charge in [-0.3, -0.25) is 0 Å². The summed E-state index contributed by atoms with van der Waals surface area (Å²) in [5.41, 5.74) is 0.500. The van der Waals surface area contributed by atoms with Crippen molar-refractivity contribution in [3.8, 4) is 0 Å². The molecule has 0 aromatic rings. The minimum Gasteiger partial charge on any atom is -0.0651 e. The van der Waals surface area contributed by atoms with Gasteiger partial charge in [-0.05, 0) is 11.3 Å². The highest BCUT2D eigenvalue weighted by atomic mass is 14.0. The Bertz CT molecular complexity index is 48.9. The highest BCUT2D eigenvalue weighted by Crippen LogP contribution is 2.08. The van der Waals surface area contributed by atoms with Crippen LogP contribution in [0.2, 0.25) is 0 Å². The first-order chi connectivity index (χ1) is 4.27. The van der Waals surface area contributed by atoms with Gasteiger partial charge in [0.05, 0.1) is 0 Å². The molecule has 0 aromatic carbocycles. The van der Waals surface area contributed by atoms with Gasteiger partial charge in [-0.1, -0.05) is 54.9 Å². The molecule has 0 nitrogen and oxygen atoms in total. The molecule has 0 bridgehead atoms. The largest absolute Gasteiger partial charge is 0.0651 e. The van der Waals surface area contributed by atoms with Crippen LogP contribution in [0.25, 0.3) is 0 Å². The van der Waals surface area contributed by atoms with Crippen LogP contribution in [0, 0.1) is 11.3 Å². The fourth-order valence-electron chi connectivity index (χ4n) is 0. The van der Waals surface area contributed by atoms with Gasteiger partial charge >= 0.3 is 0 Å². The van der Waals surface area contributed by atoms with E-state index in [9.17, 15) is 0 Å². The van der Waals surface area contributed by atoms with E-state index in [4.69, 9.17) is 0 Å². The molecule has 0 heterocycles. The zero-order valence-electron chi connectivity index (χ0n) is 8.78. The second-order valence-electron chi connectivity index (χ2n) is 4.80. The van der Waals surface area contributed by atoms with Crippen molar-refractivity contribution in [2.24, 2.45) is 11.3 Å². The van der Waals surface area contributed by atoms with E-state index in [1.165, 1.54) is 6.42 Å². The van der Waals surface area contributed by atoms with E-state index in [2.05, 4.69) is 48.5 Å². The summed E-state index contributed by atoms with van der Waals surface area (Å²) in [6, 6.07) is 0. The minimum atomic E-state index is 0.500. The predicted molar refractivity (Wildman–Crippen MR) is 50.3 cm³/mol. The molecular formula is C10H24. The van der Waals surface area contributed by atoms with Crippen LogP contribution < -0.4 is 0 Å². The topological polar surface area (TPSA) is 0 Å². The van der Waals surface area contributed by atoms with Gasteiger partial charge < -0.3 is 0 Å². The smallest absolute Gasteiger partial charge is 0.0411 e. The molecule has 0 amide bonds. The van der Waals surface area contributed by atoms with E-state index in [0.29, 0.717) is 5.41 Å². The van der Waals surface area contributed by atoms with E-state index < -0.39 is 0 Å². The molecule has 0 unspecified atom stereocenters. The van der Waals surface area contributed by atoms with Crippen molar-refractivity contribution >= 4 is 0 Å². The summed E-state index contributed by atoms with van der Waals surface area (Å²) in [7, 11) is 0. The highest BCUT2D eigenvalue weighted by molar-refractivity contribution is 4.47. The lowest BCUT2D eigenvalue weighted by Crippen LogP contribution is -1.93. The Morgan fingerprint density at radius 2 is 1.10 bits per heavy atom. The molecule has 0 aromatic heterocycles. The van der Waals surface area contributed by atoms with E-state index in [1.807, 2.05) is 0 Å². The molecule has 0 fully saturated rings. The van der Waals surface area contributed by atoms with Crippen LogP contribution in [0.4, 0.5) is 0 Å². The van der Waals surface area contributed by atoms with E-state index >= 15 is 0 Å². The Hall–Kier alpha value is 0. The molecular weight excluding hydrogens is 120 g/mol. The van der Waals surface area contributed by atoms with Crippen molar-refractivity contribution in [2.45, 2.75) is 54.9 Å². The van der Waals surface area contributed by atoms with Crippen LogP contribution in [-0.4, -0.2) is 0 Å². The van der Waals surface area contributed by atoms with E-state index in [-0.39, 0.29) is 0 Å². The van der Waals surface area contributed by atoms with Crippen molar-refractivity contribution < 1.29 is 0 Å². The van der Waals surface area contributed by atoms with Gasteiger partial charge in [0.2, 0.25) is 0 Å². The van der Waals surface area contributed by atoms with Crippen molar-refractivity contribution in [2.75, 3.05) is 0 Å². The van der Waals surface area contributed by atoms with Crippen LogP contribution in [0.15, 0.2) is 0 Å². The Morgan fingerprint density at radius 3 is 1.10 bits per heavy atom. The Kier molecular flexibility index (Phi) is 7.29. The Labute approximate surface area is 67.0 Å². The summed E-state index contributed by atoms with van der Waals surface area (Å²) in [6.45, 7) is 15.4. The average Bonchev–Trinajstić information content (AvgIpc) is 1.61. The molecule has 0 saturated carbocycles. The Morgan fingerprint density at radius 1 is 1.00 bits per heavy atom. The molecule has 64 valence electrons. The van der Waals surface area contributed by atoms with Crippen molar-refractivity contribution in [3.63, 3.8) is 0 Å². The third-order valence-corrected chi connectivity index (χ3v) is 0.816. The van der Waals surface area contributed by atoms with Crippen LogP contribution in [0.3, 0.4) is 0 Å². The van der Waals surface area contributed by atoms with Gasteiger partial charge in [0, 0.05) is 0 Å². The average molecular weight is 144 g/mol. The first kappa shape index (κ1) is 12.7. The third kappa shape index (κ3) is 98.0. The normalized spacial score (nSPS) is 10.8. The zero-order valence-corrected chi connectivity index (χ0v) is 8.78. The molecule has 0 spiro atoms. The zero-order chi connectivity index (χ0) is 8.78. The molecule has 0 heteroatoms. The van der Waals surface area contributed by atoms with Gasteiger partial charge in [0.15, 0.2) is 0 Å². The highest BCUT2D eigenvalue weighted by Gasteiger charge is 1.95. The van der Waals surface area contributed by atoms with E-state index in [1.54, 1.807) is 0 Å². The molecule has 0 aliphatic heterocycles. The molecule has 0 aliphatic carbocycles. The molecule has 0 aliphatic rings. The van der Waals surface area contributed by atoms with Crippen LogP contribution in [-0.2, 0) is 0 Å². The second-order valence-corrected chi connectivity index (χ2v) is 4.80. The number of rotatable bonds is 1. The van der Waals surface area contributed by atoms with Crippen molar-refractivity contribution in [1.82, 2.24) is 0 Å². The summed E-state index contributed by atoms with van der Waals surface area (Å²) in [4.78, 5) is 0. The lowest BCUT2D eigenvalue weighted by molar-refractivity contribution is 0.469. The van der Waals surface area contributed by atoms with Crippen LogP contribution in [0.1, 0.15) is 54.9 Å². The minimum absolute atomic E-state index is 0.500. The molecule has 0 radical (unpaired) electrons. The SMILES string of the molecule is CC(C)(C)C.CCC(C)C. The monoisotopic (exact) mass is 144 g/mol. The first-order valence-electron chi connectivity index (χ1n) is 4.27. The summed E-state index contributed by atoms with van der Waals surface area (Å²) < 4.78 is 0. The van der Waals surface area contributed by atoms with Gasteiger partial charge in [-0.2, -0.15) is 0 Å². The quantitative estimate of drug-likeness (QED) is 0.519. The first-order valence-corrected chi connectivity index (χ1v) is 4.27. The maximum Gasteiger partial charge on any atom is -0.0411 e. The molecule has 10 heavy (non-hydrogen) atoms. The summed E-state index contributed by atoms with van der Waals surface area (Å²) in [6.07, 6.45) is 1.31. The Balaban J connectivity index is 0. The lowest BCUT2D eigenvalue weighted by Gasteiger charge is -2.05. The number of hydrogen-bond donors (Lipinski definition) is 0. The third-order valence-electron chi connectivity index (χ3n) is 0.816. The fourth-order valence-corrected chi connectivity index (χ4v) is 0. The lowest BCUT2D eigenvalue weighted by atomic mass is 10.0. The van der Waals surface area contributed by atoms with Crippen molar-refractivity contribution in [1.29, 1.82) is 0 Å². The summed E-state index contributed by atoms with van der Waals surface area (Å²) in [5.74, 6) is 0.884.